The Kier molecular flexibility index (Phi) is 9.69. The maximum Gasteiger partial charge on any atom is 0.0366 e. The van der Waals surface area contributed by atoms with Crippen LogP contribution in [0.1, 0.15) is 51.4 Å². The molecule has 0 aromatic heterocycles. The molecule has 4 saturated heterocycles. The highest BCUT2D eigenvalue weighted by Crippen LogP contribution is 2.49. The van der Waals surface area contributed by atoms with E-state index in [9.17, 15) is 0 Å². The average Bonchev–Trinajstić information content (AvgIpc) is 3.98. The first-order valence-corrected chi connectivity index (χ1v) is 21.3. The summed E-state index contributed by atoms with van der Waals surface area (Å²) in [7, 11) is -1.10. The summed E-state index contributed by atoms with van der Waals surface area (Å²) in [5.74, 6) is 1.17. The predicted octanol–water partition coefficient (Wildman–Crippen LogP) is 7.61. The van der Waals surface area contributed by atoms with Crippen molar-refractivity contribution in [2.24, 2.45) is 0 Å². The number of rotatable bonds is 10. The van der Waals surface area contributed by atoms with E-state index < -0.39 is 15.8 Å². The van der Waals surface area contributed by atoms with Crippen molar-refractivity contribution in [1.82, 2.24) is 0 Å². The van der Waals surface area contributed by atoms with Crippen molar-refractivity contribution < 1.29 is 0 Å². The molecule has 0 unspecified atom stereocenters. The minimum Gasteiger partial charge on any atom is -0.372 e. The van der Waals surface area contributed by atoms with Crippen LogP contribution in [0.4, 0.5) is 22.7 Å². The lowest BCUT2D eigenvalue weighted by molar-refractivity contribution is 0.949. The van der Waals surface area contributed by atoms with E-state index in [1.807, 2.05) is 0 Å². The van der Waals surface area contributed by atoms with E-state index in [1.165, 1.54) is 154 Å². The van der Waals surface area contributed by atoms with E-state index in [4.69, 9.17) is 0 Å². The average molecular weight is 661 g/mol. The Bertz CT molecular complexity index is 1330. The van der Waals surface area contributed by atoms with Crippen LogP contribution in [0.5, 0.6) is 0 Å². The van der Waals surface area contributed by atoms with Crippen molar-refractivity contribution in [2.45, 2.75) is 51.4 Å². The summed E-state index contributed by atoms with van der Waals surface area (Å²) in [6.07, 6.45) is 10.5. The summed E-state index contributed by atoms with van der Waals surface area (Å²) < 4.78 is 0. The first-order chi connectivity index (χ1) is 23.3. The lowest BCUT2D eigenvalue weighted by Gasteiger charge is -2.28. The highest BCUT2D eigenvalue weighted by molar-refractivity contribution is 7.88. The van der Waals surface area contributed by atoms with E-state index in [0.717, 1.165) is 0 Å². The molecule has 0 spiro atoms. The van der Waals surface area contributed by atoms with Gasteiger partial charge in [-0.05, 0) is 137 Å². The molecule has 4 fully saturated rings. The van der Waals surface area contributed by atoms with Crippen molar-refractivity contribution in [1.29, 1.82) is 0 Å². The molecule has 0 bridgehead atoms. The maximum atomic E-state index is 2.56. The van der Waals surface area contributed by atoms with Crippen molar-refractivity contribution in [3.05, 3.63) is 97.1 Å². The Morgan fingerprint density at radius 1 is 0.298 bits per heavy atom. The molecule has 0 atom stereocenters. The van der Waals surface area contributed by atoms with Crippen LogP contribution in [0.2, 0.25) is 0 Å². The third-order valence-corrected chi connectivity index (χ3v) is 16.8. The first-order valence-electron chi connectivity index (χ1n) is 18.2. The molecular formula is C41H50N4P2. The number of hydrogen-bond acceptors (Lipinski definition) is 4. The Morgan fingerprint density at radius 3 is 0.681 bits per heavy atom. The smallest absolute Gasteiger partial charge is 0.0366 e. The minimum absolute atomic E-state index is 0.548. The van der Waals surface area contributed by atoms with Crippen LogP contribution < -0.4 is 40.8 Å². The molecule has 0 saturated carbocycles. The zero-order chi connectivity index (χ0) is 31.4. The van der Waals surface area contributed by atoms with E-state index in [1.54, 1.807) is 0 Å². The third kappa shape index (κ3) is 7.06. The summed E-state index contributed by atoms with van der Waals surface area (Å²) in [4.78, 5) is 10.3. The monoisotopic (exact) mass is 660 g/mol. The van der Waals surface area contributed by atoms with Crippen LogP contribution in [0, 0.1) is 0 Å². The fourth-order valence-electron chi connectivity index (χ4n) is 8.04. The summed E-state index contributed by atoms with van der Waals surface area (Å²) in [6, 6.07) is 39.0. The molecule has 6 heteroatoms. The van der Waals surface area contributed by atoms with Gasteiger partial charge in [0.1, 0.15) is 0 Å². The molecular weight excluding hydrogens is 610 g/mol. The van der Waals surface area contributed by atoms with Crippen molar-refractivity contribution in [2.75, 3.05) is 77.9 Å². The van der Waals surface area contributed by atoms with Crippen LogP contribution in [-0.4, -0.2) is 58.3 Å². The quantitative estimate of drug-likeness (QED) is 0.162. The van der Waals surface area contributed by atoms with Gasteiger partial charge < -0.3 is 19.6 Å². The topological polar surface area (TPSA) is 13.0 Å². The normalized spacial score (nSPS) is 18.4. The van der Waals surface area contributed by atoms with Gasteiger partial charge in [0.25, 0.3) is 0 Å². The van der Waals surface area contributed by atoms with Gasteiger partial charge in [-0.25, -0.2) is 0 Å². The molecule has 4 aromatic rings. The number of benzene rings is 4. The highest BCUT2D eigenvalue weighted by Gasteiger charge is 2.25. The summed E-state index contributed by atoms with van der Waals surface area (Å²) in [5, 5.41) is 6.02. The van der Waals surface area contributed by atoms with Gasteiger partial charge in [0.15, 0.2) is 0 Å². The zero-order valence-corrected chi connectivity index (χ0v) is 29.7. The second-order valence-electron chi connectivity index (χ2n) is 13.8. The number of anilines is 4. The Balaban J connectivity index is 1.14. The molecule has 0 amide bonds. The van der Waals surface area contributed by atoms with Crippen LogP contribution in [0.15, 0.2) is 97.1 Å². The molecule has 47 heavy (non-hydrogen) atoms. The molecule has 244 valence electrons. The van der Waals surface area contributed by atoms with E-state index >= 15 is 0 Å². The Morgan fingerprint density at radius 2 is 0.489 bits per heavy atom. The zero-order valence-electron chi connectivity index (χ0n) is 27.9. The summed E-state index contributed by atoms with van der Waals surface area (Å²) >= 11 is 0. The van der Waals surface area contributed by atoms with Gasteiger partial charge in [-0.2, -0.15) is 0 Å². The maximum absolute atomic E-state index is 2.56. The Hall–Kier alpha value is -3.06. The van der Waals surface area contributed by atoms with E-state index in [2.05, 4.69) is 117 Å². The van der Waals surface area contributed by atoms with Crippen molar-refractivity contribution >= 4 is 59.8 Å². The van der Waals surface area contributed by atoms with Crippen LogP contribution in [0.25, 0.3) is 0 Å². The summed E-state index contributed by atoms with van der Waals surface area (Å²) in [5.41, 5.74) is 5.57. The molecule has 4 aliphatic heterocycles. The van der Waals surface area contributed by atoms with Crippen LogP contribution in [0.3, 0.4) is 0 Å². The van der Waals surface area contributed by atoms with Gasteiger partial charge in [0.05, 0.1) is 0 Å². The van der Waals surface area contributed by atoms with Gasteiger partial charge in [0.2, 0.25) is 0 Å². The molecule has 0 aliphatic carbocycles. The van der Waals surface area contributed by atoms with E-state index in [-0.39, 0.29) is 0 Å². The molecule has 0 radical (unpaired) electrons. The molecule has 4 nitrogen and oxygen atoms in total. The predicted molar refractivity (Wildman–Crippen MR) is 209 cm³/mol. The molecule has 0 N–H and O–H groups in total. The second kappa shape index (κ2) is 14.6. The molecule has 4 heterocycles. The van der Waals surface area contributed by atoms with Crippen molar-refractivity contribution in [3.63, 3.8) is 0 Å². The van der Waals surface area contributed by atoms with Crippen LogP contribution >= 0.6 is 15.8 Å². The molecule has 4 aliphatic rings. The standard InChI is InChI=1S/C41H50N4P2/c1-2-26-42(25-1)34-9-17-38(18-10-34)46(39-19-11-35(12-20-39)43-27-3-4-28-43)33-47(40-21-13-36(14-22-40)44-29-5-6-30-44)41-23-15-37(16-24-41)45-31-7-8-32-45/h9-24H,1-8,25-33H2. The lowest BCUT2D eigenvalue weighted by Crippen LogP contribution is -2.23. The first kappa shape index (κ1) is 31.2. The summed E-state index contributed by atoms with van der Waals surface area (Å²) in [6.45, 7) is 9.54. The third-order valence-electron chi connectivity index (χ3n) is 10.8. The van der Waals surface area contributed by atoms with Gasteiger partial charge in [0, 0.05) is 81.0 Å². The van der Waals surface area contributed by atoms with Gasteiger partial charge in [-0.15, -0.1) is 0 Å². The highest BCUT2D eigenvalue weighted by atomic mass is 31.2. The lowest BCUT2D eigenvalue weighted by atomic mass is 10.3. The fraction of sp³-hybridized carbons (Fsp3) is 0.415. The van der Waals surface area contributed by atoms with Crippen molar-refractivity contribution in [3.8, 4) is 0 Å². The van der Waals surface area contributed by atoms with E-state index in [0.29, 0.717) is 0 Å². The van der Waals surface area contributed by atoms with Gasteiger partial charge >= 0.3 is 0 Å². The minimum atomic E-state index is -0.548. The van der Waals surface area contributed by atoms with Crippen LogP contribution in [-0.2, 0) is 0 Å². The number of hydrogen-bond donors (Lipinski definition) is 0. The Labute approximate surface area is 285 Å². The van der Waals surface area contributed by atoms with Gasteiger partial charge in [-0.3, -0.25) is 0 Å². The molecule has 4 aromatic carbocycles. The second-order valence-corrected chi connectivity index (χ2v) is 18.7. The fourth-order valence-corrected chi connectivity index (χ4v) is 14.4. The SMILES string of the molecule is c1cc(P(CP(c2ccc(N3CCCC3)cc2)c2ccc(N3CCCC3)cc2)c2ccc(N3CCCC3)cc2)ccc1N1CCCC1. The number of nitrogens with zero attached hydrogens (tertiary/aromatic N) is 4. The largest absolute Gasteiger partial charge is 0.372 e. The molecule has 8 rings (SSSR count). The van der Waals surface area contributed by atoms with Gasteiger partial charge in [-0.1, -0.05) is 48.5 Å².